The molecule has 0 saturated carbocycles. The summed E-state index contributed by atoms with van der Waals surface area (Å²) in [4.78, 5) is 23.0. The number of anilines is 1. The normalized spacial score (nSPS) is 11.0. The zero-order valence-electron chi connectivity index (χ0n) is 13.5. The van der Waals surface area contributed by atoms with Crippen LogP contribution in [-0.2, 0) is 0 Å². The summed E-state index contributed by atoms with van der Waals surface area (Å²) in [7, 11) is 1.80. The van der Waals surface area contributed by atoms with Crippen LogP contribution < -0.4 is 4.90 Å². The highest BCUT2D eigenvalue weighted by molar-refractivity contribution is 6.07. The van der Waals surface area contributed by atoms with Gasteiger partial charge in [0.05, 0.1) is 5.52 Å². The highest BCUT2D eigenvalue weighted by Gasteiger charge is 2.18. The Morgan fingerprint density at radius 1 is 1.13 bits per heavy atom. The largest absolute Gasteiger partial charge is 0.311 e. The van der Waals surface area contributed by atoms with E-state index in [0.29, 0.717) is 5.56 Å². The first-order valence-corrected chi connectivity index (χ1v) is 7.64. The monoisotopic (exact) mass is 305 g/mol. The van der Waals surface area contributed by atoms with Gasteiger partial charge in [-0.05, 0) is 41.8 Å². The van der Waals surface area contributed by atoms with Crippen molar-refractivity contribution in [1.29, 1.82) is 0 Å². The zero-order chi connectivity index (χ0) is 16.4. The third kappa shape index (κ3) is 2.93. The minimum absolute atomic E-state index is 0.0284. The third-order valence-corrected chi connectivity index (χ3v) is 3.98. The molecule has 0 bridgehead atoms. The van der Waals surface area contributed by atoms with Crippen LogP contribution in [0.15, 0.2) is 55.0 Å². The van der Waals surface area contributed by atoms with E-state index in [9.17, 15) is 4.79 Å². The average molecular weight is 305 g/mol. The average Bonchev–Trinajstić information content (AvgIpc) is 2.60. The second kappa shape index (κ2) is 6.16. The molecule has 0 atom stereocenters. The summed E-state index contributed by atoms with van der Waals surface area (Å²) in [5, 5.41) is 1.02. The van der Waals surface area contributed by atoms with Gasteiger partial charge >= 0.3 is 0 Å². The molecule has 23 heavy (non-hydrogen) atoms. The van der Waals surface area contributed by atoms with Crippen molar-refractivity contribution < 1.29 is 4.79 Å². The fraction of sp³-hybridized carbons (Fsp3) is 0.211. The van der Waals surface area contributed by atoms with Crippen molar-refractivity contribution in [3.8, 4) is 0 Å². The number of pyridine rings is 2. The van der Waals surface area contributed by atoms with Gasteiger partial charge in [0.1, 0.15) is 0 Å². The lowest BCUT2D eigenvalue weighted by Crippen LogP contribution is -2.27. The van der Waals surface area contributed by atoms with Gasteiger partial charge in [-0.3, -0.25) is 14.8 Å². The Bertz CT molecular complexity index is 858. The molecule has 4 nitrogen and oxygen atoms in total. The van der Waals surface area contributed by atoms with E-state index in [0.717, 1.165) is 22.2 Å². The molecule has 0 aliphatic carbocycles. The molecule has 0 fully saturated rings. The van der Waals surface area contributed by atoms with E-state index in [1.165, 1.54) is 0 Å². The van der Waals surface area contributed by atoms with Gasteiger partial charge in [0.2, 0.25) is 0 Å². The number of benzene rings is 1. The van der Waals surface area contributed by atoms with Gasteiger partial charge in [-0.15, -0.1) is 0 Å². The maximum Gasteiger partial charge on any atom is 0.258 e. The van der Waals surface area contributed by atoms with Crippen LogP contribution >= 0.6 is 0 Å². The number of hydrogen-bond donors (Lipinski definition) is 0. The topological polar surface area (TPSA) is 46.1 Å². The van der Waals surface area contributed by atoms with E-state index in [4.69, 9.17) is 0 Å². The summed E-state index contributed by atoms with van der Waals surface area (Å²) in [6, 6.07) is 11.5. The van der Waals surface area contributed by atoms with Gasteiger partial charge in [0, 0.05) is 42.3 Å². The lowest BCUT2D eigenvalue weighted by atomic mass is 9.99. The number of fused-ring (bicyclic) bond motifs is 1. The van der Waals surface area contributed by atoms with E-state index in [1.54, 1.807) is 36.6 Å². The van der Waals surface area contributed by atoms with Gasteiger partial charge in [-0.2, -0.15) is 0 Å². The minimum atomic E-state index is -0.0284. The Balaban J connectivity index is 1.98. The number of carbonyl (C=O) groups is 1. The summed E-state index contributed by atoms with van der Waals surface area (Å²) < 4.78 is 0. The second-order valence-electron chi connectivity index (χ2n) is 5.86. The van der Waals surface area contributed by atoms with Crippen molar-refractivity contribution in [3.63, 3.8) is 0 Å². The van der Waals surface area contributed by atoms with Crippen molar-refractivity contribution in [1.82, 2.24) is 9.97 Å². The molecule has 1 amide bonds. The maximum atomic E-state index is 12.9. The SMILES string of the molecule is CC(C)c1cnccc1C(=O)N(C)c1ccc2ncccc2c1. The first-order chi connectivity index (χ1) is 11.1. The molecule has 2 aromatic heterocycles. The summed E-state index contributed by atoms with van der Waals surface area (Å²) >= 11 is 0. The molecule has 1 aromatic carbocycles. The number of carbonyl (C=O) groups excluding carboxylic acids is 1. The Hall–Kier alpha value is -2.75. The maximum absolute atomic E-state index is 12.9. The van der Waals surface area contributed by atoms with E-state index in [1.807, 2.05) is 30.3 Å². The number of amides is 1. The molecule has 0 aliphatic heterocycles. The summed E-state index contributed by atoms with van der Waals surface area (Å²) in [6.07, 6.45) is 5.20. The highest BCUT2D eigenvalue weighted by Crippen LogP contribution is 2.24. The lowest BCUT2D eigenvalue weighted by molar-refractivity contribution is 0.0991. The van der Waals surface area contributed by atoms with E-state index >= 15 is 0 Å². The Morgan fingerprint density at radius 3 is 2.74 bits per heavy atom. The van der Waals surface area contributed by atoms with Crippen LogP contribution in [0, 0.1) is 0 Å². The predicted molar refractivity (Wildman–Crippen MR) is 92.8 cm³/mol. The molecule has 2 heterocycles. The molecule has 0 saturated heterocycles. The fourth-order valence-electron chi connectivity index (χ4n) is 2.63. The molecule has 116 valence electrons. The van der Waals surface area contributed by atoms with Gasteiger partial charge in [0.25, 0.3) is 5.91 Å². The van der Waals surface area contributed by atoms with Crippen molar-refractivity contribution in [2.75, 3.05) is 11.9 Å². The van der Waals surface area contributed by atoms with E-state index in [2.05, 4.69) is 23.8 Å². The van der Waals surface area contributed by atoms with Crippen LogP contribution in [-0.4, -0.2) is 22.9 Å². The van der Waals surface area contributed by atoms with Crippen LogP contribution in [0.3, 0.4) is 0 Å². The van der Waals surface area contributed by atoms with Crippen molar-refractivity contribution in [3.05, 3.63) is 66.1 Å². The second-order valence-corrected chi connectivity index (χ2v) is 5.86. The molecule has 3 aromatic rings. The summed E-state index contributed by atoms with van der Waals surface area (Å²) in [6.45, 7) is 4.13. The van der Waals surface area contributed by atoms with Crippen LogP contribution in [0.1, 0.15) is 35.7 Å². The first kappa shape index (κ1) is 15.2. The molecular weight excluding hydrogens is 286 g/mol. The van der Waals surface area contributed by atoms with Crippen LogP contribution in [0.25, 0.3) is 10.9 Å². The summed E-state index contributed by atoms with van der Waals surface area (Å²) in [5.74, 6) is 0.219. The molecule has 3 rings (SSSR count). The molecule has 0 spiro atoms. The standard InChI is InChI=1S/C19H19N3O/c1-13(2)17-12-20-10-8-16(17)19(23)22(3)15-6-7-18-14(11-15)5-4-9-21-18/h4-13H,1-3H3. The molecular formula is C19H19N3O. The summed E-state index contributed by atoms with van der Waals surface area (Å²) in [5.41, 5.74) is 3.43. The Labute approximate surface area is 135 Å². The van der Waals surface area contributed by atoms with Crippen LogP contribution in [0.2, 0.25) is 0 Å². The van der Waals surface area contributed by atoms with Crippen LogP contribution in [0.4, 0.5) is 5.69 Å². The minimum Gasteiger partial charge on any atom is -0.311 e. The molecule has 0 N–H and O–H groups in total. The number of hydrogen-bond acceptors (Lipinski definition) is 3. The zero-order valence-corrected chi connectivity index (χ0v) is 13.5. The predicted octanol–water partition coefficient (Wildman–Crippen LogP) is 4.03. The van der Waals surface area contributed by atoms with Crippen LogP contribution in [0.5, 0.6) is 0 Å². The van der Waals surface area contributed by atoms with Crippen molar-refractivity contribution >= 4 is 22.5 Å². The Morgan fingerprint density at radius 2 is 1.96 bits per heavy atom. The van der Waals surface area contributed by atoms with Gasteiger partial charge in [-0.25, -0.2) is 0 Å². The van der Waals surface area contributed by atoms with Gasteiger partial charge in [0.15, 0.2) is 0 Å². The van der Waals surface area contributed by atoms with Crippen molar-refractivity contribution in [2.45, 2.75) is 19.8 Å². The van der Waals surface area contributed by atoms with E-state index < -0.39 is 0 Å². The molecule has 0 radical (unpaired) electrons. The molecule has 4 heteroatoms. The number of nitrogens with zero attached hydrogens (tertiary/aromatic N) is 3. The van der Waals surface area contributed by atoms with E-state index in [-0.39, 0.29) is 11.8 Å². The lowest BCUT2D eigenvalue weighted by Gasteiger charge is -2.20. The third-order valence-electron chi connectivity index (χ3n) is 3.98. The number of rotatable bonds is 3. The highest BCUT2D eigenvalue weighted by atomic mass is 16.2. The van der Waals surface area contributed by atoms with Gasteiger partial charge in [-0.1, -0.05) is 19.9 Å². The number of aromatic nitrogens is 2. The fourth-order valence-corrected chi connectivity index (χ4v) is 2.63. The Kier molecular flexibility index (Phi) is 4.06. The quantitative estimate of drug-likeness (QED) is 0.734. The first-order valence-electron chi connectivity index (χ1n) is 7.64. The van der Waals surface area contributed by atoms with Crippen molar-refractivity contribution in [2.24, 2.45) is 0 Å². The molecule has 0 unspecified atom stereocenters. The van der Waals surface area contributed by atoms with Gasteiger partial charge < -0.3 is 4.90 Å². The molecule has 0 aliphatic rings. The smallest absolute Gasteiger partial charge is 0.258 e.